The van der Waals surface area contributed by atoms with Crippen LogP contribution in [0.25, 0.3) is 5.69 Å². The van der Waals surface area contributed by atoms with E-state index >= 15 is 0 Å². The summed E-state index contributed by atoms with van der Waals surface area (Å²) in [5.74, 6) is 0. The average molecular weight is 213 g/mol. The van der Waals surface area contributed by atoms with Gasteiger partial charge in [-0.05, 0) is 42.5 Å². The van der Waals surface area contributed by atoms with E-state index in [2.05, 4.69) is 34.0 Å². The van der Waals surface area contributed by atoms with Crippen molar-refractivity contribution in [1.82, 2.24) is 9.78 Å². The van der Waals surface area contributed by atoms with Crippen LogP contribution in [0.3, 0.4) is 0 Å². The number of aromatic nitrogens is 2. The van der Waals surface area contributed by atoms with E-state index in [9.17, 15) is 0 Å². The van der Waals surface area contributed by atoms with Gasteiger partial charge in [0.05, 0.1) is 11.9 Å². The van der Waals surface area contributed by atoms with Gasteiger partial charge in [0.15, 0.2) is 0 Å². The molecule has 0 spiro atoms. The van der Waals surface area contributed by atoms with Crippen molar-refractivity contribution in [2.24, 2.45) is 5.73 Å². The number of hydrogen-bond acceptors (Lipinski definition) is 2. The van der Waals surface area contributed by atoms with Crippen LogP contribution in [0, 0.1) is 0 Å². The van der Waals surface area contributed by atoms with Crippen LogP contribution in [0.2, 0.25) is 0 Å². The Morgan fingerprint density at radius 2 is 2.00 bits per heavy atom. The van der Waals surface area contributed by atoms with Gasteiger partial charge < -0.3 is 5.73 Å². The molecule has 2 aromatic rings. The standard InChI is InChI=1S/C13H15N3/c14-8-10-4-6-12(7-5-10)16-13-3-1-2-11(13)9-15-16/h4-7,9H,1-3,8,14H2. The monoisotopic (exact) mass is 213 g/mol. The van der Waals surface area contributed by atoms with Crippen molar-refractivity contribution in [2.75, 3.05) is 0 Å². The Bertz CT molecular complexity index is 496. The van der Waals surface area contributed by atoms with Crippen molar-refractivity contribution in [2.45, 2.75) is 25.8 Å². The summed E-state index contributed by atoms with van der Waals surface area (Å²) in [6.45, 7) is 0.595. The lowest BCUT2D eigenvalue weighted by molar-refractivity contribution is 0.784. The van der Waals surface area contributed by atoms with Crippen molar-refractivity contribution >= 4 is 0 Å². The van der Waals surface area contributed by atoms with Gasteiger partial charge in [-0.1, -0.05) is 12.1 Å². The van der Waals surface area contributed by atoms with E-state index in [1.165, 1.54) is 24.1 Å². The van der Waals surface area contributed by atoms with Gasteiger partial charge in [0.2, 0.25) is 0 Å². The van der Waals surface area contributed by atoms with Gasteiger partial charge in [0, 0.05) is 12.2 Å². The fraction of sp³-hybridized carbons (Fsp3) is 0.308. The molecule has 82 valence electrons. The van der Waals surface area contributed by atoms with Gasteiger partial charge in [-0.25, -0.2) is 4.68 Å². The zero-order valence-electron chi connectivity index (χ0n) is 9.19. The first-order chi connectivity index (χ1) is 7.88. The maximum absolute atomic E-state index is 5.59. The molecule has 1 aliphatic carbocycles. The minimum atomic E-state index is 0.595. The number of aryl methyl sites for hydroxylation is 1. The zero-order valence-corrected chi connectivity index (χ0v) is 9.19. The smallest absolute Gasteiger partial charge is 0.0649 e. The Labute approximate surface area is 94.9 Å². The minimum Gasteiger partial charge on any atom is -0.326 e. The fourth-order valence-electron chi connectivity index (χ4n) is 2.32. The highest BCUT2D eigenvalue weighted by molar-refractivity contribution is 5.38. The summed E-state index contributed by atoms with van der Waals surface area (Å²) < 4.78 is 2.06. The highest BCUT2D eigenvalue weighted by atomic mass is 15.3. The molecule has 0 radical (unpaired) electrons. The molecule has 0 unspecified atom stereocenters. The van der Waals surface area contributed by atoms with Crippen LogP contribution in [0.15, 0.2) is 30.5 Å². The summed E-state index contributed by atoms with van der Waals surface area (Å²) in [6, 6.07) is 8.32. The molecule has 1 aromatic heterocycles. The van der Waals surface area contributed by atoms with Crippen LogP contribution in [-0.2, 0) is 19.4 Å². The molecule has 1 heterocycles. The Morgan fingerprint density at radius 1 is 1.19 bits per heavy atom. The van der Waals surface area contributed by atoms with Gasteiger partial charge in [-0.2, -0.15) is 5.10 Å². The van der Waals surface area contributed by atoms with E-state index in [0.29, 0.717) is 6.54 Å². The molecule has 0 atom stereocenters. The lowest BCUT2D eigenvalue weighted by atomic mass is 10.2. The second kappa shape index (κ2) is 3.76. The first kappa shape index (κ1) is 9.60. The Morgan fingerprint density at radius 3 is 2.75 bits per heavy atom. The van der Waals surface area contributed by atoms with Crippen LogP contribution < -0.4 is 5.73 Å². The third-order valence-corrected chi connectivity index (χ3v) is 3.23. The van der Waals surface area contributed by atoms with E-state index in [1.807, 2.05) is 6.20 Å². The largest absolute Gasteiger partial charge is 0.326 e. The van der Waals surface area contributed by atoms with Crippen LogP contribution >= 0.6 is 0 Å². The second-order valence-corrected chi connectivity index (χ2v) is 4.25. The maximum atomic E-state index is 5.59. The molecule has 0 saturated heterocycles. The Balaban J connectivity index is 2.01. The number of hydrogen-bond donors (Lipinski definition) is 1. The molecule has 0 amide bonds. The molecule has 0 bridgehead atoms. The predicted octanol–water partition coefficient (Wildman–Crippen LogP) is 1.82. The summed E-state index contributed by atoms with van der Waals surface area (Å²) >= 11 is 0. The number of nitrogens with zero attached hydrogens (tertiary/aromatic N) is 2. The van der Waals surface area contributed by atoms with Gasteiger partial charge in [-0.3, -0.25) is 0 Å². The van der Waals surface area contributed by atoms with Crippen molar-refractivity contribution in [3.8, 4) is 5.69 Å². The van der Waals surface area contributed by atoms with Gasteiger partial charge in [0.25, 0.3) is 0 Å². The van der Waals surface area contributed by atoms with E-state index in [1.54, 1.807) is 0 Å². The summed E-state index contributed by atoms with van der Waals surface area (Å²) in [7, 11) is 0. The molecule has 1 aliphatic rings. The molecule has 3 heteroatoms. The van der Waals surface area contributed by atoms with Gasteiger partial charge >= 0.3 is 0 Å². The van der Waals surface area contributed by atoms with E-state index in [-0.39, 0.29) is 0 Å². The summed E-state index contributed by atoms with van der Waals surface area (Å²) in [4.78, 5) is 0. The fourth-order valence-corrected chi connectivity index (χ4v) is 2.32. The molecule has 0 aliphatic heterocycles. The van der Waals surface area contributed by atoms with Crippen LogP contribution in [0.1, 0.15) is 23.2 Å². The Hall–Kier alpha value is -1.61. The lowest BCUT2D eigenvalue weighted by Gasteiger charge is -2.06. The molecular weight excluding hydrogens is 198 g/mol. The summed E-state index contributed by atoms with van der Waals surface area (Å²) in [6.07, 6.45) is 5.58. The number of fused-ring (bicyclic) bond motifs is 1. The molecule has 2 N–H and O–H groups in total. The van der Waals surface area contributed by atoms with Crippen LogP contribution in [-0.4, -0.2) is 9.78 Å². The summed E-state index contributed by atoms with van der Waals surface area (Å²) in [5.41, 5.74) is 10.7. The molecule has 16 heavy (non-hydrogen) atoms. The van der Waals surface area contributed by atoms with Crippen LogP contribution in [0.5, 0.6) is 0 Å². The lowest BCUT2D eigenvalue weighted by Crippen LogP contribution is -2.02. The number of benzene rings is 1. The second-order valence-electron chi connectivity index (χ2n) is 4.25. The highest BCUT2D eigenvalue weighted by Gasteiger charge is 2.17. The van der Waals surface area contributed by atoms with Crippen molar-refractivity contribution in [1.29, 1.82) is 0 Å². The molecule has 0 fully saturated rings. The zero-order chi connectivity index (χ0) is 11.0. The average Bonchev–Trinajstić information content (AvgIpc) is 2.91. The highest BCUT2D eigenvalue weighted by Crippen LogP contribution is 2.24. The summed E-state index contributed by atoms with van der Waals surface area (Å²) in [5, 5.41) is 4.45. The molecular formula is C13H15N3. The van der Waals surface area contributed by atoms with Crippen LogP contribution in [0.4, 0.5) is 0 Å². The quantitative estimate of drug-likeness (QED) is 0.827. The normalized spacial score (nSPS) is 14.1. The first-order valence-corrected chi connectivity index (χ1v) is 5.73. The first-order valence-electron chi connectivity index (χ1n) is 5.73. The van der Waals surface area contributed by atoms with E-state index in [4.69, 9.17) is 5.73 Å². The van der Waals surface area contributed by atoms with Gasteiger partial charge in [0.1, 0.15) is 0 Å². The molecule has 0 saturated carbocycles. The van der Waals surface area contributed by atoms with Gasteiger partial charge in [-0.15, -0.1) is 0 Å². The van der Waals surface area contributed by atoms with E-state index < -0.39 is 0 Å². The van der Waals surface area contributed by atoms with Crippen molar-refractivity contribution in [3.05, 3.63) is 47.3 Å². The Kier molecular flexibility index (Phi) is 2.26. The molecule has 3 rings (SSSR count). The third kappa shape index (κ3) is 1.44. The number of rotatable bonds is 2. The molecule has 3 nitrogen and oxygen atoms in total. The topological polar surface area (TPSA) is 43.8 Å². The van der Waals surface area contributed by atoms with E-state index in [0.717, 1.165) is 17.7 Å². The predicted molar refractivity (Wildman–Crippen MR) is 63.5 cm³/mol. The van der Waals surface area contributed by atoms with Crippen molar-refractivity contribution < 1.29 is 0 Å². The number of nitrogens with two attached hydrogens (primary N) is 1. The van der Waals surface area contributed by atoms with Crippen molar-refractivity contribution in [3.63, 3.8) is 0 Å². The SMILES string of the molecule is NCc1ccc(-n2ncc3c2CCC3)cc1. The minimum absolute atomic E-state index is 0.595. The molecule has 1 aromatic carbocycles. The third-order valence-electron chi connectivity index (χ3n) is 3.23. The maximum Gasteiger partial charge on any atom is 0.0649 e.